The molecule has 0 bridgehead atoms. The molecular weight excluding hydrogens is 419 g/mol. The predicted molar refractivity (Wildman–Crippen MR) is 100 cm³/mol. The van der Waals surface area contributed by atoms with E-state index in [1.807, 2.05) is 9.34 Å². The van der Waals surface area contributed by atoms with Gasteiger partial charge in [-0.1, -0.05) is 0 Å². The second-order valence-electron chi connectivity index (χ2n) is 5.93. The molecule has 0 saturated carbocycles. The molecule has 2 saturated heterocycles. The Kier molecular flexibility index (Phi) is 6.52. The first-order valence-corrected chi connectivity index (χ1v) is 12.3. The lowest BCUT2D eigenvalue weighted by atomic mass is 10.3. The minimum absolute atomic E-state index is 0.125. The molecule has 0 aliphatic carbocycles. The van der Waals surface area contributed by atoms with Gasteiger partial charge in [0.1, 0.15) is 0 Å². The monoisotopic (exact) mass is 438 g/mol. The lowest BCUT2D eigenvalue weighted by molar-refractivity contribution is -0.384. The van der Waals surface area contributed by atoms with Crippen molar-refractivity contribution < 1.29 is 22.8 Å². The van der Waals surface area contributed by atoms with Crippen LogP contribution in [0.1, 0.15) is 0 Å². The van der Waals surface area contributed by atoms with Crippen molar-refractivity contribution in [2.24, 2.45) is 4.15 Å². The Morgan fingerprint density at radius 1 is 1.00 bits per heavy atom. The van der Waals surface area contributed by atoms with Crippen LogP contribution in [0, 0.1) is 10.1 Å². The number of sulfonamides is 1. The molecule has 2 heterocycles. The fourth-order valence-electron chi connectivity index (χ4n) is 2.82. The van der Waals surface area contributed by atoms with E-state index in [2.05, 4.69) is 4.15 Å². The topological polar surface area (TPSA) is 115 Å². The zero-order valence-corrected chi connectivity index (χ0v) is 16.9. The van der Waals surface area contributed by atoms with Gasteiger partial charge in [-0.3, -0.25) is 10.1 Å². The maximum atomic E-state index is 12.9. The summed E-state index contributed by atoms with van der Waals surface area (Å²) in [5.74, 6) is 0. The van der Waals surface area contributed by atoms with E-state index >= 15 is 0 Å². The van der Waals surface area contributed by atoms with Gasteiger partial charge in [-0.15, -0.1) is 4.15 Å². The highest BCUT2D eigenvalue weighted by Crippen LogP contribution is 2.62. The van der Waals surface area contributed by atoms with E-state index in [4.69, 9.17) is 20.7 Å². The summed E-state index contributed by atoms with van der Waals surface area (Å²) in [6, 6.07) is 4.63. The van der Waals surface area contributed by atoms with Crippen LogP contribution < -0.4 is 0 Å². The Hall–Kier alpha value is -1.07. The average Bonchev–Trinajstić information content (AvgIpc) is 2.69. The third kappa shape index (κ3) is 4.68. The molecular formula is C14H20ClN4O6PS. The van der Waals surface area contributed by atoms with Gasteiger partial charge in [-0.05, 0) is 23.4 Å². The molecule has 10 nitrogen and oxygen atoms in total. The van der Waals surface area contributed by atoms with Crippen molar-refractivity contribution in [2.75, 3.05) is 52.6 Å². The van der Waals surface area contributed by atoms with Crippen LogP contribution in [0.25, 0.3) is 0 Å². The van der Waals surface area contributed by atoms with Crippen LogP contribution in [0.15, 0.2) is 33.3 Å². The first-order chi connectivity index (χ1) is 12.8. The standard InChI is InChI=1S/C14H20ClN4O6PS/c15-26(17-5-9-24-10-6-17,18-7-11-25-12-8-18)16-27(22,23)14-3-1-13(2-4-14)19(20)21/h1-4H,5-12H2. The van der Waals surface area contributed by atoms with Crippen LogP contribution >= 0.6 is 17.9 Å². The fraction of sp³-hybridized carbons (Fsp3) is 0.571. The third-order valence-corrected chi connectivity index (χ3v) is 10.9. The number of benzene rings is 1. The van der Waals surface area contributed by atoms with Gasteiger partial charge >= 0.3 is 0 Å². The Morgan fingerprint density at radius 2 is 1.44 bits per heavy atom. The molecule has 1 aromatic carbocycles. The van der Waals surface area contributed by atoms with Crippen molar-refractivity contribution in [3.05, 3.63) is 34.4 Å². The van der Waals surface area contributed by atoms with Crippen molar-refractivity contribution in [3.63, 3.8) is 0 Å². The van der Waals surface area contributed by atoms with Gasteiger partial charge in [0.05, 0.1) is 36.2 Å². The van der Waals surface area contributed by atoms with E-state index in [1.54, 1.807) is 0 Å². The minimum Gasteiger partial charge on any atom is -0.379 e. The van der Waals surface area contributed by atoms with Gasteiger partial charge in [0.25, 0.3) is 15.7 Å². The molecule has 3 rings (SSSR count). The van der Waals surface area contributed by atoms with E-state index in [9.17, 15) is 18.5 Å². The summed E-state index contributed by atoms with van der Waals surface area (Å²) in [6.07, 6.45) is 0. The van der Waals surface area contributed by atoms with Crippen LogP contribution in [0.5, 0.6) is 0 Å². The van der Waals surface area contributed by atoms with E-state index in [1.165, 1.54) is 12.1 Å². The molecule has 1 aromatic rings. The van der Waals surface area contributed by atoms with Gasteiger partial charge in [0.15, 0.2) is 0 Å². The largest absolute Gasteiger partial charge is 0.379 e. The molecule has 13 heteroatoms. The summed E-state index contributed by atoms with van der Waals surface area (Å²) >= 11 is 6.91. The molecule has 0 amide bonds. The van der Waals surface area contributed by atoms with Crippen molar-refractivity contribution in [3.8, 4) is 0 Å². The molecule has 0 atom stereocenters. The molecule has 27 heavy (non-hydrogen) atoms. The van der Waals surface area contributed by atoms with Gasteiger partial charge in [0.2, 0.25) is 6.71 Å². The predicted octanol–water partition coefficient (Wildman–Crippen LogP) is 2.13. The smallest absolute Gasteiger partial charge is 0.284 e. The Labute approximate surface area is 162 Å². The van der Waals surface area contributed by atoms with Crippen LogP contribution in [-0.4, -0.2) is 75.3 Å². The minimum atomic E-state index is -4.10. The molecule has 0 N–H and O–H groups in total. The van der Waals surface area contributed by atoms with E-state index in [0.717, 1.165) is 12.1 Å². The highest BCUT2D eigenvalue weighted by molar-refractivity contribution is 7.99. The summed E-state index contributed by atoms with van der Waals surface area (Å²) in [4.78, 5) is 10.1. The van der Waals surface area contributed by atoms with Crippen molar-refractivity contribution in [1.29, 1.82) is 0 Å². The van der Waals surface area contributed by atoms with E-state index in [-0.39, 0.29) is 10.6 Å². The van der Waals surface area contributed by atoms with Gasteiger partial charge in [-0.25, -0.2) is 9.34 Å². The number of ether oxygens (including phenoxy) is 2. The highest BCUT2D eigenvalue weighted by Gasteiger charge is 2.37. The van der Waals surface area contributed by atoms with Crippen LogP contribution in [0.2, 0.25) is 0 Å². The number of hydrogen-bond acceptors (Lipinski definition) is 6. The quantitative estimate of drug-likeness (QED) is 0.390. The van der Waals surface area contributed by atoms with Crippen LogP contribution in [-0.2, 0) is 19.5 Å². The van der Waals surface area contributed by atoms with Gasteiger partial charge in [-0.2, -0.15) is 8.42 Å². The number of nitro groups is 1. The summed E-state index contributed by atoms with van der Waals surface area (Å²) < 4.78 is 44.4. The molecule has 2 aliphatic heterocycles. The number of rotatable bonds is 5. The number of nitro benzene ring substituents is 1. The van der Waals surface area contributed by atoms with Crippen LogP contribution in [0.4, 0.5) is 5.69 Å². The number of hydrogen-bond donors (Lipinski definition) is 0. The molecule has 0 aromatic heterocycles. The molecule has 2 aliphatic rings. The van der Waals surface area contributed by atoms with Crippen LogP contribution in [0.3, 0.4) is 0 Å². The zero-order valence-electron chi connectivity index (χ0n) is 14.4. The Balaban J connectivity index is 2.01. The van der Waals surface area contributed by atoms with Crippen molar-refractivity contribution >= 4 is 33.7 Å². The maximum Gasteiger partial charge on any atom is 0.284 e. The summed E-state index contributed by atoms with van der Waals surface area (Å²) in [7, 11) is -4.10. The van der Waals surface area contributed by atoms with E-state index < -0.39 is 21.7 Å². The first kappa shape index (κ1) is 20.7. The summed E-state index contributed by atoms with van der Waals surface area (Å²) in [5, 5.41) is 10.8. The molecule has 0 spiro atoms. The average molecular weight is 439 g/mol. The normalized spacial score (nSPS) is 20.3. The molecule has 150 valence electrons. The molecule has 0 unspecified atom stereocenters. The first-order valence-electron chi connectivity index (χ1n) is 8.32. The van der Waals surface area contributed by atoms with Crippen molar-refractivity contribution in [2.45, 2.75) is 4.90 Å². The van der Waals surface area contributed by atoms with Crippen molar-refractivity contribution in [1.82, 2.24) is 9.34 Å². The zero-order chi connectivity index (χ0) is 19.5. The number of non-ortho nitro benzene ring substituents is 1. The van der Waals surface area contributed by atoms with E-state index in [0.29, 0.717) is 52.6 Å². The van der Waals surface area contributed by atoms with Gasteiger partial charge < -0.3 is 9.47 Å². The SMILES string of the molecule is O=[N+]([O-])c1ccc(S(=O)(=O)N=P(Cl)(N2CCOCC2)N2CCOCC2)cc1. The third-order valence-electron chi connectivity index (χ3n) is 4.25. The molecule has 0 radical (unpaired) electrons. The fourth-order valence-corrected chi connectivity index (χ4v) is 8.94. The summed E-state index contributed by atoms with van der Waals surface area (Å²) in [6.45, 7) is 0.665. The highest BCUT2D eigenvalue weighted by atomic mass is 35.7. The maximum absolute atomic E-state index is 12.9. The van der Waals surface area contributed by atoms with Gasteiger partial charge in [0, 0.05) is 38.3 Å². The Bertz CT molecular complexity index is 816. The second kappa shape index (κ2) is 8.52. The summed E-state index contributed by atoms with van der Waals surface area (Å²) in [5.41, 5.74) is -0.192. The lowest BCUT2D eigenvalue weighted by Crippen LogP contribution is -2.41. The number of halogens is 1. The number of nitrogens with zero attached hydrogens (tertiary/aromatic N) is 4. The second-order valence-corrected chi connectivity index (χ2v) is 11.5. The number of morpholine rings is 2. The molecule has 2 fully saturated rings. The Morgan fingerprint density at radius 3 is 1.85 bits per heavy atom. The lowest BCUT2D eigenvalue weighted by Gasteiger charge is -2.41.